The first kappa shape index (κ1) is 23.0. The highest BCUT2D eigenvalue weighted by Crippen LogP contribution is 2.39. The Morgan fingerprint density at radius 1 is 1.19 bits per heavy atom. The molecule has 0 bridgehead atoms. The summed E-state index contributed by atoms with van der Waals surface area (Å²) in [5.41, 5.74) is -0.879. The second kappa shape index (κ2) is 9.35. The average molecular weight is 449 g/mol. The molecule has 3 saturated heterocycles. The first-order valence-corrected chi connectivity index (χ1v) is 11.4. The van der Waals surface area contributed by atoms with Crippen LogP contribution in [0, 0.1) is 11.2 Å². The Bertz CT molecular complexity index is 841. The van der Waals surface area contributed by atoms with Crippen LogP contribution in [0.3, 0.4) is 0 Å². The van der Waals surface area contributed by atoms with Gasteiger partial charge in [-0.2, -0.15) is 0 Å². The maximum atomic E-state index is 13.5. The van der Waals surface area contributed by atoms with Crippen LogP contribution in [-0.4, -0.2) is 79.8 Å². The van der Waals surface area contributed by atoms with Gasteiger partial charge in [-0.1, -0.05) is 13.0 Å². The van der Waals surface area contributed by atoms with Crippen molar-refractivity contribution < 1.29 is 28.2 Å². The Morgan fingerprint density at radius 2 is 1.97 bits per heavy atom. The fourth-order valence-corrected chi connectivity index (χ4v) is 5.23. The number of nitrogens with zero attached hydrogens (tertiary/aromatic N) is 2. The monoisotopic (exact) mass is 448 g/mol. The summed E-state index contributed by atoms with van der Waals surface area (Å²) < 4.78 is 30.6. The molecule has 3 aliphatic heterocycles. The summed E-state index contributed by atoms with van der Waals surface area (Å²) in [6.07, 6.45) is 3.59. The summed E-state index contributed by atoms with van der Waals surface area (Å²) in [4.78, 5) is 29.3. The van der Waals surface area contributed by atoms with Crippen LogP contribution in [-0.2, 0) is 19.1 Å². The number of ether oxygens (including phenoxy) is 3. The van der Waals surface area contributed by atoms with E-state index < -0.39 is 11.0 Å². The van der Waals surface area contributed by atoms with Gasteiger partial charge in [-0.05, 0) is 37.8 Å². The van der Waals surface area contributed by atoms with Crippen LogP contribution in [0.5, 0.6) is 5.75 Å². The zero-order valence-corrected chi connectivity index (χ0v) is 19.0. The molecule has 3 fully saturated rings. The van der Waals surface area contributed by atoms with Crippen LogP contribution in [0.2, 0.25) is 0 Å². The number of rotatable bonds is 5. The van der Waals surface area contributed by atoms with Gasteiger partial charge in [-0.3, -0.25) is 9.59 Å². The molecule has 1 aromatic rings. The molecular weight excluding hydrogens is 415 g/mol. The van der Waals surface area contributed by atoms with E-state index in [1.807, 2.05) is 11.8 Å². The molecule has 3 heterocycles. The van der Waals surface area contributed by atoms with E-state index in [1.54, 1.807) is 17.0 Å². The summed E-state index contributed by atoms with van der Waals surface area (Å²) in [5.74, 6) is 0.298. The smallest absolute Gasteiger partial charge is 0.248 e. The van der Waals surface area contributed by atoms with Gasteiger partial charge in [0.15, 0.2) is 0 Å². The first-order valence-electron chi connectivity index (χ1n) is 11.4. The lowest BCUT2D eigenvalue weighted by Crippen LogP contribution is -2.56. The molecule has 8 heteroatoms. The van der Waals surface area contributed by atoms with Crippen LogP contribution >= 0.6 is 0 Å². The van der Waals surface area contributed by atoms with Crippen molar-refractivity contribution in [1.29, 1.82) is 0 Å². The number of benzene rings is 1. The molecule has 2 atom stereocenters. The molecule has 3 aliphatic rings. The zero-order chi connectivity index (χ0) is 22.8. The minimum atomic E-state index is -0.474. The van der Waals surface area contributed by atoms with Crippen molar-refractivity contribution in [2.24, 2.45) is 5.41 Å². The Morgan fingerprint density at radius 3 is 2.69 bits per heavy atom. The van der Waals surface area contributed by atoms with Crippen LogP contribution in [0.4, 0.5) is 4.39 Å². The molecule has 32 heavy (non-hydrogen) atoms. The quantitative estimate of drug-likeness (QED) is 0.693. The summed E-state index contributed by atoms with van der Waals surface area (Å²) in [7, 11) is 1.51. The topological polar surface area (TPSA) is 68.3 Å². The minimum absolute atomic E-state index is 0.0254. The van der Waals surface area contributed by atoms with E-state index in [-0.39, 0.29) is 30.3 Å². The summed E-state index contributed by atoms with van der Waals surface area (Å²) in [5, 5.41) is 0. The van der Waals surface area contributed by atoms with Gasteiger partial charge >= 0.3 is 0 Å². The largest absolute Gasteiger partial charge is 0.488 e. The van der Waals surface area contributed by atoms with E-state index in [1.165, 1.54) is 19.2 Å². The molecule has 0 N–H and O–H groups in total. The SMILES string of the molecule is COCC(=O)N1CCC(C)(C(=O)N2CCC[C@]3(C[C@@H](Oc4cccc(F)c4)CO3)C2)CC1. The van der Waals surface area contributed by atoms with Gasteiger partial charge in [0, 0.05) is 51.2 Å². The Kier molecular flexibility index (Phi) is 6.72. The molecule has 0 unspecified atom stereocenters. The summed E-state index contributed by atoms with van der Waals surface area (Å²) in [6.45, 7) is 4.95. The molecule has 4 rings (SSSR count). The van der Waals surface area contributed by atoms with Crippen molar-refractivity contribution in [2.45, 2.75) is 50.7 Å². The molecule has 7 nitrogen and oxygen atoms in total. The van der Waals surface area contributed by atoms with E-state index >= 15 is 0 Å². The van der Waals surface area contributed by atoms with Crippen molar-refractivity contribution in [1.82, 2.24) is 9.80 Å². The van der Waals surface area contributed by atoms with E-state index in [2.05, 4.69) is 0 Å². The molecule has 0 aromatic heterocycles. The van der Waals surface area contributed by atoms with Gasteiger partial charge in [0.1, 0.15) is 24.3 Å². The highest BCUT2D eigenvalue weighted by Gasteiger charge is 2.48. The highest BCUT2D eigenvalue weighted by atomic mass is 19.1. The van der Waals surface area contributed by atoms with E-state index in [9.17, 15) is 14.0 Å². The lowest BCUT2D eigenvalue weighted by molar-refractivity contribution is -0.154. The van der Waals surface area contributed by atoms with Crippen molar-refractivity contribution in [3.8, 4) is 5.75 Å². The van der Waals surface area contributed by atoms with Crippen molar-refractivity contribution >= 4 is 11.8 Å². The van der Waals surface area contributed by atoms with Crippen molar-refractivity contribution in [3.63, 3.8) is 0 Å². The molecule has 0 saturated carbocycles. The number of hydrogen-bond donors (Lipinski definition) is 0. The van der Waals surface area contributed by atoms with Crippen LogP contribution in [0.25, 0.3) is 0 Å². The third-order valence-electron chi connectivity index (χ3n) is 7.10. The maximum Gasteiger partial charge on any atom is 0.248 e. The molecule has 2 amide bonds. The van der Waals surface area contributed by atoms with Gasteiger partial charge in [0.2, 0.25) is 11.8 Å². The number of likely N-dealkylation sites (tertiary alicyclic amines) is 2. The van der Waals surface area contributed by atoms with E-state index in [0.29, 0.717) is 51.3 Å². The Balaban J connectivity index is 1.34. The number of piperidine rings is 2. The molecule has 1 spiro atoms. The van der Waals surface area contributed by atoms with Gasteiger partial charge in [-0.15, -0.1) is 0 Å². The van der Waals surface area contributed by atoms with Gasteiger partial charge in [-0.25, -0.2) is 4.39 Å². The second-order valence-corrected chi connectivity index (χ2v) is 9.60. The second-order valence-electron chi connectivity index (χ2n) is 9.60. The van der Waals surface area contributed by atoms with Crippen molar-refractivity contribution in [2.75, 3.05) is 46.5 Å². The molecular formula is C24H33FN2O5. The number of carbonyl (C=O) groups is 2. The predicted molar refractivity (Wildman–Crippen MR) is 116 cm³/mol. The van der Waals surface area contributed by atoms with Crippen LogP contribution < -0.4 is 4.74 Å². The van der Waals surface area contributed by atoms with Gasteiger partial charge in [0.25, 0.3) is 0 Å². The molecule has 0 aliphatic carbocycles. The lowest BCUT2D eigenvalue weighted by Gasteiger charge is -2.45. The third-order valence-corrected chi connectivity index (χ3v) is 7.10. The highest BCUT2D eigenvalue weighted by molar-refractivity contribution is 5.83. The molecule has 0 radical (unpaired) electrons. The standard InChI is InChI=1S/C24H33FN2O5/c1-23(8-11-26(12-9-23)21(28)16-30-2)22(29)27-10-4-7-24(17-27)14-20(15-31-24)32-19-6-3-5-18(25)13-19/h3,5-6,13,20H,4,7-12,14-17H2,1-2H3/t20-,24+/m1/s1. The molecule has 1 aromatic carbocycles. The van der Waals surface area contributed by atoms with E-state index in [0.717, 1.165) is 19.4 Å². The summed E-state index contributed by atoms with van der Waals surface area (Å²) >= 11 is 0. The van der Waals surface area contributed by atoms with Gasteiger partial charge < -0.3 is 24.0 Å². The van der Waals surface area contributed by atoms with Crippen LogP contribution in [0.1, 0.15) is 39.0 Å². The third kappa shape index (κ3) is 4.91. The maximum absolute atomic E-state index is 13.5. The lowest BCUT2D eigenvalue weighted by atomic mass is 9.78. The van der Waals surface area contributed by atoms with E-state index in [4.69, 9.17) is 14.2 Å². The Labute approximate surface area is 188 Å². The number of hydrogen-bond acceptors (Lipinski definition) is 5. The number of methoxy groups -OCH3 is 1. The summed E-state index contributed by atoms with van der Waals surface area (Å²) in [6, 6.07) is 6.15. The normalized spacial score (nSPS) is 27.5. The fourth-order valence-electron chi connectivity index (χ4n) is 5.23. The zero-order valence-electron chi connectivity index (χ0n) is 19.0. The first-order chi connectivity index (χ1) is 15.3. The van der Waals surface area contributed by atoms with Crippen molar-refractivity contribution in [3.05, 3.63) is 30.1 Å². The predicted octanol–water partition coefficient (Wildman–Crippen LogP) is 2.63. The molecule has 176 valence electrons. The average Bonchev–Trinajstić information content (AvgIpc) is 3.15. The number of amides is 2. The Hall–Kier alpha value is -2.19. The van der Waals surface area contributed by atoms with Gasteiger partial charge in [0.05, 0.1) is 12.2 Å². The fraction of sp³-hybridized carbons (Fsp3) is 0.667. The van der Waals surface area contributed by atoms with Crippen LogP contribution in [0.15, 0.2) is 24.3 Å². The number of halogens is 1. The minimum Gasteiger partial charge on any atom is -0.488 e. The number of carbonyl (C=O) groups excluding carboxylic acids is 2.